The number of fused-ring (bicyclic) bond motifs is 3. The quantitative estimate of drug-likeness (QED) is 0.346. The summed E-state index contributed by atoms with van der Waals surface area (Å²) in [5.41, 5.74) is 4.27. The molecular formula is C32H35NO6. The lowest BCUT2D eigenvalue weighted by Crippen LogP contribution is -2.42. The van der Waals surface area contributed by atoms with Gasteiger partial charge in [-0.05, 0) is 72.9 Å². The van der Waals surface area contributed by atoms with Crippen LogP contribution in [0.4, 0.5) is 5.69 Å². The zero-order valence-corrected chi connectivity index (χ0v) is 22.9. The minimum atomic E-state index is -0.997. The Balaban J connectivity index is 1.63. The molecule has 2 aromatic carbocycles. The molecule has 204 valence electrons. The van der Waals surface area contributed by atoms with Gasteiger partial charge in [0.2, 0.25) is 0 Å². The highest BCUT2D eigenvalue weighted by atomic mass is 16.5. The second kappa shape index (κ2) is 10.4. The lowest BCUT2D eigenvalue weighted by molar-refractivity contribution is -0.125. The molecule has 7 nitrogen and oxygen atoms in total. The number of benzene rings is 2. The van der Waals surface area contributed by atoms with Crippen LogP contribution in [0, 0.1) is 17.8 Å². The number of hydrogen-bond acceptors (Lipinski definition) is 7. The van der Waals surface area contributed by atoms with Gasteiger partial charge in [-0.15, -0.1) is 0 Å². The third-order valence-electron chi connectivity index (χ3n) is 8.31. The van der Waals surface area contributed by atoms with Gasteiger partial charge >= 0.3 is 0 Å². The molecule has 2 aromatic rings. The summed E-state index contributed by atoms with van der Waals surface area (Å²) in [6, 6.07) is 12.0. The highest BCUT2D eigenvalue weighted by Crippen LogP contribution is 2.51. The van der Waals surface area contributed by atoms with Crippen molar-refractivity contribution in [1.29, 1.82) is 0 Å². The summed E-state index contributed by atoms with van der Waals surface area (Å²) < 4.78 is 6.08. The van der Waals surface area contributed by atoms with Crippen LogP contribution >= 0.6 is 0 Å². The second-order valence-corrected chi connectivity index (χ2v) is 11.1. The molecular weight excluding hydrogens is 494 g/mol. The Morgan fingerprint density at radius 3 is 2.41 bits per heavy atom. The maximum Gasteiger partial charge on any atom is 0.196 e. The third kappa shape index (κ3) is 4.54. The minimum Gasteiger partial charge on any atom is -0.511 e. The number of anilines is 1. The SMILES string of the molecule is CCCCOc1ccc(-c2ccc(N(C)C)cc2)c2c1C(=O)C1=C(O)C3C(=O)C(C(C)=O)=C(O)CC3CC1C2. The maximum atomic E-state index is 14.2. The minimum absolute atomic E-state index is 0.124. The fourth-order valence-corrected chi connectivity index (χ4v) is 6.40. The Bertz CT molecular complexity index is 1410. The van der Waals surface area contributed by atoms with Gasteiger partial charge in [-0.25, -0.2) is 0 Å². The van der Waals surface area contributed by atoms with Crippen molar-refractivity contribution in [2.45, 2.75) is 46.0 Å². The van der Waals surface area contributed by atoms with Gasteiger partial charge in [0.25, 0.3) is 0 Å². The van der Waals surface area contributed by atoms with E-state index in [0.717, 1.165) is 35.2 Å². The number of rotatable bonds is 7. The van der Waals surface area contributed by atoms with Crippen molar-refractivity contribution in [3.8, 4) is 16.9 Å². The van der Waals surface area contributed by atoms with Crippen LogP contribution in [0.25, 0.3) is 11.1 Å². The summed E-state index contributed by atoms with van der Waals surface area (Å²) >= 11 is 0. The van der Waals surface area contributed by atoms with Crippen LogP contribution in [-0.4, -0.2) is 48.3 Å². The second-order valence-electron chi connectivity index (χ2n) is 11.1. The van der Waals surface area contributed by atoms with E-state index in [-0.39, 0.29) is 46.7 Å². The van der Waals surface area contributed by atoms with Gasteiger partial charge in [-0.1, -0.05) is 31.5 Å². The summed E-state index contributed by atoms with van der Waals surface area (Å²) in [5, 5.41) is 21.9. The van der Waals surface area contributed by atoms with Crippen molar-refractivity contribution < 1.29 is 29.3 Å². The third-order valence-corrected chi connectivity index (χ3v) is 8.31. The Labute approximate surface area is 228 Å². The van der Waals surface area contributed by atoms with Gasteiger partial charge in [-0.2, -0.15) is 0 Å². The zero-order valence-electron chi connectivity index (χ0n) is 22.9. The first-order chi connectivity index (χ1) is 18.6. The van der Waals surface area contributed by atoms with Crippen molar-refractivity contribution in [3.05, 3.63) is 70.2 Å². The van der Waals surface area contributed by atoms with Gasteiger partial charge in [0.15, 0.2) is 17.3 Å². The number of allylic oxidation sites excluding steroid dienone is 4. The molecule has 0 saturated heterocycles. The molecule has 0 spiro atoms. The van der Waals surface area contributed by atoms with E-state index in [9.17, 15) is 24.6 Å². The highest BCUT2D eigenvalue weighted by molar-refractivity contribution is 6.22. The maximum absolute atomic E-state index is 14.2. The van der Waals surface area contributed by atoms with E-state index >= 15 is 0 Å². The standard InChI is InChI=1S/C32H35NO6/c1-5-6-13-39-25-12-11-22(18-7-9-21(10-8-18)33(3)4)23-15-19-14-20-16-24(35)26(17(2)34)30(36)28(20)31(37)27(19)32(38)29(23)25/h7-12,19-20,28,35,37H,5-6,13-16H2,1-4H3. The number of aliphatic hydroxyl groups excluding tert-OH is 2. The zero-order chi connectivity index (χ0) is 28.0. The van der Waals surface area contributed by atoms with E-state index in [2.05, 4.69) is 6.92 Å². The van der Waals surface area contributed by atoms with Crippen LogP contribution in [0.1, 0.15) is 55.5 Å². The fraction of sp³-hybridized carbons (Fsp3) is 0.406. The first-order valence-electron chi connectivity index (χ1n) is 13.6. The van der Waals surface area contributed by atoms with Crippen molar-refractivity contribution in [1.82, 2.24) is 0 Å². The van der Waals surface area contributed by atoms with Crippen molar-refractivity contribution in [2.75, 3.05) is 25.6 Å². The average Bonchev–Trinajstić information content (AvgIpc) is 2.88. The summed E-state index contributed by atoms with van der Waals surface area (Å²) in [4.78, 5) is 41.5. The van der Waals surface area contributed by atoms with Gasteiger partial charge in [0, 0.05) is 31.8 Å². The smallest absolute Gasteiger partial charge is 0.196 e. The summed E-state index contributed by atoms with van der Waals surface area (Å²) in [7, 11) is 3.97. The molecule has 2 N–H and O–H groups in total. The molecule has 0 fully saturated rings. The van der Waals surface area contributed by atoms with Crippen molar-refractivity contribution >= 4 is 23.0 Å². The molecule has 0 saturated carbocycles. The topological polar surface area (TPSA) is 104 Å². The Morgan fingerprint density at radius 2 is 1.77 bits per heavy atom. The molecule has 0 amide bonds. The molecule has 0 bridgehead atoms. The van der Waals surface area contributed by atoms with E-state index in [4.69, 9.17) is 4.74 Å². The van der Waals surface area contributed by atoms with Crippen LogP contribution in [0.2, 0.25) is 0 Å². The molecule has 3 atom stereocenters. The van der Waals surface area contributed by atoms with E-state index in [1.165, 1.54) is 6.92 Å². The molecule has 0 radical (unpaired) electrons. The van der Waals surface area contributed by atoms with E-state index in [1.54, 1.807) is 0 Å². The highest BCUT2D eigenvalue weighted by Gasteiger charge is 2.50. The molecule has 3 unspecified atom stereocenters. The predicted octanol–water partition coefficient (Wildman–Crippen LogP) is 5.78. The number of unbranched alkanes of at least 4 members (excludes halogenated alkanes) is 1. The number of aliphatic hydroxyl groups is 2. The van der Waals surface area contributed by atoms with Crippen molar-refractivity contribution in [2.24, 2.45) is 17.8 Å². The van der Waals surface area contributed by atoms with Crippen LogP contribution in [0.3, 0.4) is 0 Å². The number of nitrogens with zero attached hydrogens (tertiary/aromatic N) is 1. The van der Waals surface area contributed by atoms with Gasteiger partial charge in [0.1, 0.15) is 17.3 Å². The monoisotopic (exact) mass is 529 g/mol. The number of hydrogen-bond donors (Lipinski definition) is 2. The molecule has 0 aliphatic heterocycles. The van der Waals surface area contributed by atoms with Crippen LogP contribution in [-0.2, 0) is 16.0 Å². The molecule has 7 heteroatoms. The largest absolute Gasteiger partial charge is 0.511 e. The lowest BCUT2D eigenvalue weighted by Gasteiger charge is -2.41. The van der Waals surface area contributed by atoms with Gasteiger partial charge in [0.05, 0.1) is 23.7 Å². The Kier molecular flexibility index (Phi) is 7.10. The number of carbonyl (C=O) groups is 3. The number of Topliss-reactive ketones (excluding diaryl/α,β-unsaturated/α-hetero) is 3. The average molecular weight is 530 g/mol. The first kappa shape index (κ1) is 26.7. The molecule has 3 aliphatic carbocycles. The van der Waals surface area contributed by atoms with E-state index in [0.29, 0.717) is 30.8 Å². The lowest BCUT2D eigenvalue weighted by atomic mass is 9.62. The van der Waals surface area contributed by atoms with Crippen molar-refractivity contribution in [3.63, 3.8) is 0 Å². The van der Waals surface area contributed by atoms with Crippen LogP contribution in [0.5, 0.6) is 5.75 Å². The predicted molar refractivity (Wildman–Crippen MR) is 149 cm³/mol. The molecule has 5 rings (SSSR count). The number of ether oxygens (including phenoxy) is 1. The molecule has 39 heavy (non-hydrogen) atoms. The number of carbonyl (C=O) groups excluding carboxylic acids is 3. The summed E-state index contributed by atoms with van der Waals surface area (Å²) in [6.07, 6.45) is 2.87. The van der Waals surface area contributed by atoms with Gasteiger partial charge < -0.3 is 19.8 Å². The molecule has 0 aromatic heterocycles. The molecule has 3 aliphatic rings. The van der Waals surface area contributed by atoms with Crippen LogP contribution < -0.4 is 9.64 Å². The Morgan fingerprint density at radius 1 is 1.05 bits per heavy atom. The van der Waals surface area contributed by atoms with Gasteiger partial charge in [-0.3, -0.25) is 14.4 Å². The summed E-state index contributed by atoms with van der Waals surface area (Å²) in [6.45, 7) is 3.77. The first-order valence-corrected chi connectivity index (χ1v) is 13.6. The molecule has 0 heterocycles. The summed E-state index contributed by atoms with van der Waals surface area (Å²) in [5.74, 6) is -3.15. The van der Waals surface area contributed by atoms with E-state index in [1.807, 2.05) is 55.4 Å². The van der Waals surface area contributed by atoms with E-state index < -0.39 is 17.5 Å². The van der Waals surface area contributed by atoms with Crippen LogP contribution in [0.15, 0.2) is 59.1 Å². The fourth-order valence-electron chi connectivity index (χ4n) is 6.40. The number of ketones is 3. The normalized spacial score (nSPS) is 22.3. The Hall–Kier alpha value is -3.87.